The molecule has 4 nitrogen and oxygen atoms in total. The SMILES string of the molecule is CSc1ccc(NC(=O)N(CCO)C2CC2)cc1Cl. The fourth-order valence-corrected chi connectivity index (χ4v) is 2.75. The molecule has 0 spiro atoms. The van der Waals surface area contributed by atoms with E-state index in [0.29, 0.717) is 17.3 Å². The van der Waals surface area contributed by atoms with Crippen LogP contribution in [0.5, 0.6) is 0 Å². The molecule has 1 aliphatic carbocycles. The lowest BCUT2D eigenvalue weighted by Gasteiger charge is -2.21. The lowest BCUT2D eigenvalue weighted by atomic mass is 10.3. The Kier molecular flexibility index (Phi) is 4.96. The molecule has 0 aliphatic heterocycles. The zero-order valence-corrected chi connectivity index (χ0v) is 12.3. The number of rotatable bonds is 5. The smallest absolute Gasteiger partial charge is 0.322 e. The molecule has 1 aliphatic rings. The van der Waals surface area contributed by atoms with Crippen molar-refractivity contribution < 1.29 is 9.90 Å². The molecule has 2 N–H and O–H groups in total. The summed E-state index contributed by atoms with van der Waals surface area (Å²) >= 11 is 7.67. The maximum atomic E-state index is 12.1. The van der Waals surface area contributed by atoms with Gasteiger partial charge >= 0.3 is 6.03 Å². The summed E-state index contributed by atoms with van der Waals surface area (Å²) in [5, 5.41) is 12.4. The van der Waals surface area contributed by atoms with Gasteiger partial charge in [-0.3, -0.25) is 0 Å². The molecule has 1 saturated carbocycles. The average molecular weight is 301 g/mol. The summed E-state index contributed by atoms with van der Waals surface area (Å²) in [5.41, 5.74) is 0.677. The Morgan fingerprint density at radius 2 is 2.32 bits per heavy atom. The van der Waals surface area contributed by atoms with Crippen LogP contribution in [0.15, 0.2) is 23.1 Å². The van der Waals surface area contributed by atoms with Gasteiger partial charge in [0.1, 0.15) is 0 Å². The molecule has 0 bridgehead atoms. The number of nitrogens with zero attached hydrogens (tertiary/aromatic N) is 1. The number of carbonyl (C=O) groups is 1. The minimum absolute atomic E-state index is 0.0178. The third kappa shape index (κ3) is 3.78. The Bertz CT molecular complexity index is 466. The Morgan fingerprint density at radius 1 is 1.58 bits per heavy atom. The highest BCUT2D eigenvalue weighted by Gasteiger charge is 2.32. The molecule has 0 atom stereocenters. The molecule has 2 amide bonds. The quantitative estimate of drug-likeness (QED) is 0.822. The number of carbonyl (C=O) groups excluding carboxylic acids is 1. The van der Waals surface area contributed by atoms with E-state index in [0.717, 1.165) is 17.7 Å². The fourth-order valence-electron chi connectivity index (χ4n) is 1.88. The second-order valence-corrected chi connectivity index (χ2v) is 5.68. The second kappa shape index (κ2) is 6.50. The highest BCUT2D eigenvalue weighted by molar-refractivity contribution is 7.98. The van der Waals surface area contributed by atoms with Gasteiger partial charge in [0.2, 0.25) is 0 Å². The van der Waals surface area contributed by atoms with Crippen molar-refractivity contribution in [1.82, 2.24) is 4.90 Å². The number of hydrogen-bond donors (Lipinski definition) is 2. The predicted octanol–water partition coefficient (Wildman–Crippen LogP) is 3.05. The Morgan fingerprint density at radius 3 is 2.84 bits per heavy atom. The Balaban J connectivity index is 2.03. The third-order valence-corrected chi connectivity index (χ3v) is 4.21. The number of urea groups is 1. The van der Waals surface area contributed by atoms with E-state index in [1.807, 2.05) is 18.4 Å². The van der Waals surface area contributed by atoms with Gasteiger partial charge in [0.25, 0.3) is 0 Å². The summed E-state index contributed by atoms with van der Waals surface area (Å²) in [6, 6.07) is 5.56. The highest BCUT2D eigenvalue weighted by atomic mass is 35.5. The topological polar surface area (TPSA) is 52.6 Å². The molecule has 0 aromatic heterocycles. The zero-order valence-electron chi connectivity index (χ0n) is 10.7. The first-order valence-electron chi connectivity index (χ1n) is 6.17. The van der Waals surface area contributed by atoms with E-state index in [-0.39, 0.29) is 18.7 Å². The third-order valence-electron chi connectivity index (χ3n) is 2.99. The van der Waals surface area contributed by atoms with Crippen molar-refractivity contribution in [2.75, 3.05) is 24.7 Å². The summed E-state index contributed by atoms with van der Waals surface area (Å²) in [6.45, 7) is 0.350. The minimum atomic E-state index is -0.176. The zero-order chi connectivity index (χ0) is 13.8. The van der Waals surface area contributed by atoms with E-state index in [2.05, 4.69) is 5.32 Å². The number of thioether (sulfide) groups is 1. The van der Waals surface area contributed by atoms with Gasteiger partial charge in [-0.2, -0.15) is 0 Å². The molecule has 0 radical (unpaired) electrons. The van der Waals surface area contributed by atoms with Crippen LogP contribution in [-0.2, 0) is 0 Å². The number of anilines is 1. The van der Waals surface area contributed by atoms with Gasteiger partial charge in [0.05, 0.1) is 11.6 Å². The van der Waals surface area contributed by atoms with Gasteiger partial charge in [0, 0.05) is 23.2 Å². The normalized spacial score (nSPS) is 14.3. The van der Waals surface area contributed by atoms with E-state index in [4.69, 9.17) is 16.7 Å². The maximum Gasteiger partial charge on any atom is 0.322 e. The maximum absolute atomic E-state index is 12.1. The Labute approximate surface area is 122 Å². The predicted molar refractivity (Wildman–Crippen MR) is 79.1 cm³/mol. The molecule has 1 aromatic rings. The fraction of sp³-hybridized carbons (Fsp3) is 0.462. The first-order chi connectivity index (χ1) is 9.15. The number of amides is 2. The van der Waals surface area contributed by atoms with Crippen LogP contribution in [0.3, 0.4) is 0 Å². The lowest BCUT2D eigenvalue weighted by Crippen LogP contribution is -2.38. The number of halogens is 1. The van der Waals surface area contributed by atoms with Crippen molar-refractivity contribution in [2.24, 2.45) is 0 Å². The molecule has 2 rings (SSSR count). The van der Waals surface area contributed by atoms with Crippen molar-refractivity contribution in [3.05, 3.63) is 23.2 Å². The van der Waals surface area contributed by atoms with Crippen LogP contribution in [0, 0.1) is 0 Å². The largest absolute Gasteiger partial charge is 0.395 e. The number of nitrogens with one attached hydrogen (secondary N) is 1. The molecule has 0 heterocycles. The van der Waals surface area contributed by atoms with Gasteiger partial charge in [0.15, 0.2) is 0 Å². The summed E-state index contributed by atoms with van der Waals surface area (Å²) in [7, 11) is 0. The van der Waals surface area contributed by atoms with Gasteiger partial charge < -0.3 is 15.3 Å². The standard InChI is InChI=1S/C13H17ClN2O2S/c1-19-12-5-2-9(8-11(12)14)15-13(18)16(6-7-17)10-3-4-10/h2,5,8,10,17H,3-4,6-7H2,1H3,(H,15,18). The minimum Gasteiger partial charge on any atom is -0.395 e. The van der Waals surface area contributed by atoms with Gasteiger partial charge in [-0.05, 0) is 37.3 Å². The van der Waals surface area contributed by atoms with Crippen molar-refractivity contribution in [3.63, 3.8) is 0 Å². The molecule has 0 saturated heterocycles. The van der Waals surface area contributed by atoms with E-state index in [1.54, 1.807) is 22.7 Å². The summed E-state index contributed by atoms with van der Waals surface area (Å²) in [5.74, 6) is 0. The summed E-state index contributed by atoms with van der Waals surface area (Å²) < 4.78 is 0. The van der Waals surface area contributed by atoms with Gasteiger partial charge in [-0.25, -0.2) is 4.79 Å². The van der Waals surface area contributed by atoms with Crippen LogP contribution in [0.4, 0.5) is 10.5 Å². The average Bonchev–Trinajstić information content (AvgIpc) is 3.20. The highest BCUT2D eigenvalue weighted by Crippen LogP contribution is 2.29. The lowest BCUT2D eigenvalue weighted by molar-refractivity contribution is 0.185. The van der Waals surface area contributed by atoms with Crippen molar-refractivity contribution >= 4 is 35.1 Å². The second-order valence-electron chi connectivity index (χ2n) is 4.43. The number of aliphatic hydroxyl groups excluding tert-OH is 1. The van der Waals surface area contributed by atoms with Crippen LogP contribution in [0.2, 0.25) is 5.02 Å². The molecule has 6 heteroatoms. The van der Waals surface area contributed by atoms with E-state index in [9.17, 15) is 4.79 Å². The summed E-state index contributed by atoms with van der Waals surface area (Å²) in [6.07, 6.45) is 3.98. The van der Waals surface area contributed by atoms with Crippen molar-refractivity contribution in [2.45, 2.75) is 23.8 Å². The van der Waals surface area contributed by atoms with Crippen LogP contribution in [0.1, 0.15) is 12.8 Å². The molecule has 0 unspecified atom stereocenters. The van der Waals surface area contributed by atoms with E-state index >= 15 is 0 Å². The monoisotopic (exact) mass is 300 g/mol. The first kappa shape index (κ1) is 14.5. The molecule has 1 aromatic carbocycles. The van der Waals surface area contributed by atoms with Crippen LogP contribution in [0.25, 0.3) is 0 Å². The van der Waals surface area contributed by atoms with Crippen LogP contribution < -0.4 is 5.32 Å². The number of hydrogen-bond acceptors (Lipinski definition) is 3. The molecular formula is C13H17ClN2O2S. The first-order valence-corrected chi connectivity index (χ1v) is 7.78. The van der Waals surface area contributed by atoms with Crippen molar-refractivity contribution in [1.29, 1.82) is 0 Å². The molecule has 19 heavy (non-hydrogen) atoms. The Hall–Kier alpha value is -0.910. The van der Waals surface area contributed by atoms with Crippen LogP contribution in [-0.4, -0.2) is 41.5 Å². The van der Waals surface area contributed by atoms with Crippen LogP contribution >= 0.6 is 23.4 Å². The molecule has 104 valence electrons. The number of benzene rings is 1. The van der Waals surface area contributed by atoms with Gasteiger partial charge in [-0.15, -0.1) is 11.8 Å². The molecular weight excluding hydrogens is 284 g/mol. The van der Waals surface area contributed by atoms with E-state index < -0.39 is 0 Å². The van der Waals surface area contributed by atoms with Gasteiger partial charge in [-0.1, -0.05) is 11.6 Å². The summed E-state index contributed by atoms with van der Waals surface area (Å²) in [4.78, 5) is 14.8. The molecule has 1 fully saturated rings. The number of aliphatic hydroxyl groups is 1. The van der Waals surface area contributed by atoms with Crippen molar-refractivity contribution in [3.8, 4) is 0 Å². The van der Waals surface area contributed by atoms with E-state index in [1.165, 1.54) is 0 Å².